The Bertz CT molecular complexity index is 1140. The Morgan fingerprint density at radius 3 is 2.57 bits per heavy atom. The number of hydrogen-bond acceptors (Lipinski definition) is 4. The standard InChI is InChI=1S/C19H12O4/c1-11(20)22-15-8-4-5-12-9-10-16-18(17(12)15)19(21)13-6-2-3-7-14(13)23-16/h2-10H,1H3. The number of carbonyl (C=O) groups is 1. The van der Waals surface area contributed by atoms with Crippen LogP contribution in [0.4, 0.5) is 0 Å². The molecule has 1 heterocycles. The van der Waals surface area contributed by atoms with Crippen molar-refractivity contribution in [3.8, 4) is 5.75 Å². The summed E-state index contributed by atoms with van der Waals surface area (Å²) in [6, 6.07) is 16.1. The van der Waals surface area contributed by atoms with Crippen LogP contribution in [0.25, 0.3) is 32.7 Å². The fourth-order valence-corrected chi connectivity index (χ4v) is 2.87. The zero-order valence-electron chi connectivity index (χ0n) is 12.3. The lowest BCUT2D eigenvalue weighted by Gasteiger charge is -2.09. The second-order valence-corrected chi connectivity index (χ2v) is 5.31. The highest BCUT2D eigenvalue weighted by Crippen LogP contribution is 2.32. The minimum absolute atomic E-state index is 0.132. The van der Waals surface area contributed by atoms with Crippen LogP contribution in [0, 0.1) is 0 Å². The number of benzene rings is 3. The number of rotatable bonds is 1. The molecule has 0 N–H and O–H groups in total. The topological polar surface area (TPSA) is 56.5 Å². The summed E-state index contributed by atoms with van der Waals surface area (Å²) in [4.78, 5) is 24.3. The largest absolute Gasteiger partial charge is 0.456 e. The summed E-state index contributed by atoms with van der Waals surface area (Å²) in [5, 5.41) is 2.35. The predicted octanol–water partition coefficient (Wildman–Crippen LogP) is 4.02. The van der Waals surface area contributed by atoms with Crippen molar-refractivity contribution in [2.75, 3.05) is 0 Å². The van der Waals surface area contributed by atoms with Gasteiger partial charge in [-0.1, -0.05) is 30.3 Å². The molecule has 4 heteroatoms. The smallest absolute Gasteiger partial charge is 0.308 e. The molecule has 4 rings (SSSR count). The number of hydrogen-bond donors (Lipinski definition) is 0. The van der Waals surface area contributed by atoms with Crippen LogP contribution in [-0.2, 0) is 4.79 Å². The molecular weight excluding hydrogens is 292 g/mol. The van der Waals surface area contributed by atoms with E-state index >= 15 is 0 Å². The molecule has 1 aromatic heterocycles. The van der Waals surface area contributed by atoms with Crippen molar-refractivity contribution in [1.29, 1.82) is 0 Å². The average Bonchev–Trinajstić information content (AvgIpc) is 2.54. The lowest BCUT2D eigenvalue weighted by atomic mass is 10.0. The zero-order chi connectivity index (χ0) is 16.0. The monoisotopic (exact) mass is 304 g/mol. The fourth-order valence-electron chi connectivity index (χ4n) is 2.87. The van der Waals surface area contributed by atoms with Crippen LogP contribution < -0.4 is 10.2 Å². The molecule has 0 bridgehead atoms. The van der Waals surface area contributed by atoms with Gasteiger partial charge in [0.05, 0.1) is 10.8 Å². The lowest BCUT2D eigenvalue weighted by molar-refractivity contribution is -0.131. The lowest BCUT2D eigenvalue weighted by Crippen LogP contribution is -2.06. The van der Waals surface area contributed by atoms with E-state index in [2.05, 4.69) is 0 Å². The van der Waals surface area contributed by atoms with Gasteiger partial charge in [0.2, 0.25) is 5.43 Å². The number of carbonyl (C=O) groups excluding carboxylic acids is 1. The summed E-state index contributed by atoms with van der Waals surface area (Å²) < 4.78 is 11.1. The first kappa shape index (κ1) is 13.5. The van der Waals surface area contributed by atoms with Gasteiger partial charge in [-0.25, -0.2) is 0 Å². The van der Waals surface area contributed by atoms with E-state index in [-0.39, 0.29) is 5.43 Å². The van der Waals surface area contributed by atoms with Crippen LogP contribution in [-0.4, -0.2) is 5.97 Å². The molecule has 0 radical (unpaired) electrons. The SMILES string of the molecule is CC(=O)Oc1cccc2ccc3oc4ccccc4c(=O)c3c12. The molecule has 0 aliphatic rings. The molecule has 3 aromatic carbocycles. The van der Waals surface area contributed by atoms with Crippen LogP contribution >= 0.6 is 0 Å². The van der Waals surface area contributed by atoms with E-state index in [0.29, 0.717) is 33.1 Å². The molecule has 0 saturated carbocycles. The van der Waals surface area contributed by atoms with E-state index in [4.69, 9.17) is 9.15 Å². The second-order valence-electron chi connectivity index (χ2n) is 5.31. The Kier molecular flexibility index (Phi) is 2.91. The van der Waals surface area contributed by atoms with Gasteiger partial charge in [0, 0.05) is 12.3 Å². The molecule has 0 amide bonds. The molecule has 23 heavy (non-hydrogen) atoms. The molecule has 112 valence electrons. The first-order chi connectivity index (χ1) is 11.1. The summed E-state index contributed by atoms with van der Waals surface area (Å²) in [6.07, 6.45) is 0. The molecule has 0 atom stereocenters. The van der Waals surface area contributed by atoms with Crippen molar-refractivity contribution in [1.82, 2.24) is 0 Å². The Hall–Kier alpha value is -3.14. The summed E-state index contributed by atoms with van der Waals surface area (Å²) in [5.74, 6) is -0.0668. The summed E-state index contributed by atoms with van der Waals surface area (Å²) in [6.45, 7) is 1.34. The molecule has 0 aliphatic heterocycles. The van der Waals surface area contributed by atoms with Gasteiger partial charge in [0.25, 0.3) is 0 Å². The quantitative estimate of drug-likeness (QED) is 0.231. The molecule has 0 saturated heterocycles. The Balaban J connectivity index is 2.25. The molecule has 4 nitrogen and oxygen atoms in total. The van der Waals surface area contributed by atoms with Crippen molar-refractivity contribution in [2.45, 2.75) is 6.92 Å². The first-order valence-electron chi connectivity index (χ1n) is 7.21. The van der Waals surface area contributed by atoms with Gasteiger partial charge in [-0.3, -0.25) is 9.59 Å². The Morgan fingerprint density at radius 1 is 0.913 bits per heavy atom. The summed E-state index contributed by atoms with van der Waals surface area (Å²) in [5.41, 5.74) is 0.877. The third-order valence-electron chi connectivity index (χ3n) is 3.80. The Morgan fingerprint density at radius 2 is 1.74 bits per heavy atom. The molecule has 0 spiro atoms. The molecule has 0 unspecified atom stereocenters. The van der Waals surface area contributed by atoms with Crippen molar-refractivity contribution in [2.24, 2.45) is 0 Å². The van der Waals surface area contributed by atoms with Crippen molar-refractivity contribution < 1.29 is 13.9 Å². The fraction of sp³-hybridized carbons (Fsp3) is 0.0526. The van der Waals surface area contributed by atoms with E-state index in [1.807, 2.05) is 18.2 Å². The second kappa shape index (κ2) is 4.95. The normalized spacial score (nSPS) is 11.2. The number of para-hydroxylation sites is 1. The van der Waals surface area contributed by atoms with E-state index in [1.165, 1.54) is 6.92 Å². The third-order valence-corrected chi connectivity index (χ3v) is 3.80. The molecular formula is C19H12O4. The molecule has 0 aliphatic carbocycles. The van der Waals surface area contributed by atoms with Crippen molar-refractivity contribution in [3.05, 3.63) is 64.8 Å². The highest BCUT2D eigenvalue weighted by Gasteiger charge is 2.14. The van der Waals surface area contributed by atoms with Crippen LogP contribution in [0.1, 0.15) is 6.92 Å². The number of ether oxygens (including phenoxy) is 1. The minimum Gasteiger partial charge on any atom is -0.456 e. The van der Waals surface area contributed by atoms with Crippen LogP contribution in [0.3, 0.4) is 0 Å². The van der Waals surface area contributed by atoms with E-state index in [1.54, 1.807) is 36.4 Å². The van der Waals surface area contributed by atoms with Gasteiger partial charge in [-0.15, -0.1) is 0 Å². The maximum Gasteiger partial charge on any atom is 0.308 e. The minimum atomic E-state index is -0.431. The number of fused-ring (bicyclic) bond motifs is 4. The molecule has 4 aromatic rings. The van der Waals surface area contributed by atoms with Crippen LogP contribution in [0.15, 0.2) is 63.8 Å². The van der Waals surface area contributed by atoms with Gasteiger partial charge in [0.15, 0.2) is 0 Å². The number of esters is 1. The van der Waals surface area contributed by atoms with Gasteiger partial charge in [-0.2, -0.15) is 0 Å². The summed E-state index contributed by atoms with van der Waals surface area (Å²) >= 11 is 0. The third kappa shape index (κ3) is 2.07. The van der Waals surface area contributed by atoms with E-state index in [0.717, 1.165) is 5.39 Å². The maximum absolute atomic E-state index is 12.9. The van der Waals surface area contributed by atoms with Crippen molar-refractivity contribution in [3.63, 3.8) is 0 Å². The van der Waals surface area contributed by atoms with Crippen LogP contribution in [0.5, 0.6) is 5.75 Å². The maximum atomic E-state index is 12.9. The van der Waals surface area contributed by atoms with Gasteiger partial charge in [0.1, 0.15) is 16.9 Å². The van der Waals surface area contributed by atoms with Crippen LogP contribution in [0.2, 0.25) is 0 Å². The van der Waals surface area contributed by atoms with Gasteiger partial charge in [-0.05, 0) is 29.7 Å². The predicted molar refractivity (Wildman–Crippen MR) is 88.8 cm³/mol. The van der Waals surface area contributed by atoms with E-state index < -0.39 is 5.97 Å². The van der Waals surface area contributed by atoms with Gasteiger partial charge < -0.3 is 9.15 Å². The molecule has 0 fully saturated rings. The average molecular weight is 304 g/mol. The zero-order valence-corrected chi connectivity index (χ0v) is 12.3. The van der Waals surface area contributed by atoms with Crippen molar-refractivity contribution >= 4 is 38.7 Å². The highest BCUT2D eigenvalue weighted by atomic mass is 16.5. The highest BCUT2D eigenvalue weighted by molar-refractivity contribution is 6.11. The summed E-state index contributed by atoms with van der Waals surface area (Å²) in [7, 11) is 0. The van der Waals surface area contributed by atoms with E-state index in [9.17, 15) is 9.59 Å². The van der Waals surface area contributed by atoms with Gasteiger partial charge >= 0.3 is 5.97 Å². The first-order valence-corrected chi connectivity index (χ1v) is 7.21. The Labute approximate surface area is 130 Å².